The minimum absolute atomic E-state index is 0.477. The maximum atomic E-state index is 12.1. The van der Waals surface area contributed by atoms with Gasteiger partial charge < -0.3 is 24.8 Å². The summed E-state index contributed by atoms with van der Waals surface area (Å²) >= 11 is 0. The van der Waals surface area contributed by atoms with Crippen molar-refractivity contribution in [1.82, 2.24) is 9.55 Å². The molecule has 4 N–H and O–H groups in total. The molecule has 2 rings (SSSR count). The molecular weight excluding hydrogens is 312 g/mol. The van der Waals surface area contributed by atoms with Crippen molar-refractivity contribution in [1.29, 1.82) is 0 Å². The van der Waals surface area contributed by atoms with E-state index < -0.39 is 52.9 Å². The number of carbonyl (C=O) groups excluding carboxylic acids is 1. The molecule has 10 heteroatoms. The third kappa shape index (κ3) is 2.39. The van der Waals surface area contributed by atoms with Crippen molar-refractivity contribution < 1.29 is 29.6 Å². The Morgan fingerprint density at radius 2 is 2.09 bits per heavy atom. The molecule has 4 atom stereocenters. The number of nitrogens with zero attached hydrogens (tertiary/aromatic N) is 1. The highest BCUT2D eigenvalue weighted by Crippen LogP contribution is 2.42. The smallest absolute Gasteiger partial charge is 0.345 e. The molecule has 0 spiro atoms. The first-order chi connectivity index (χ1) is 10.6. The first-order valence-corrected chi connectivity index (χ1v) is 6.74. The first kappa shape index (κ1) is 17.3. The predicted molar refractivity (Wildman–Crippen MR) is 74.9 cm³/mol. The van der Waals surface area contributed by atoms with Gasteiger partial charge in [-0.1, -0.05) is 0 Å². The second-order valence-corrected chi connectivity index (χ2v) is 5.58. The highest BCUT2D eigenvalue weighted by molar-refractivity contribution is 5.88. The molecule has 0 radical (unpaired) electrons. The Bertz CT molecular complexity index is 736. The van der Waals surface area contributed by atoms with Gasteiger partial charge in [-0.25, -0.2) is 9.59 Å². The van der Waals surface area contributed by atoms with Crippen LogP contribution in [0.1, 0.15) is 24.2 Å². The summed E-state index contributed by atoms with van der Waals surface area (Å²) in [5.41, 5.74) is -6.23. The second-order valence-electron chi connectivity index (χ2n) is 5.58. The minimum Gasteiger partial charge on any atom is -0.465 e. The van der Waals surface area contributed by atoms with Crippen LogP contribution in [0.2, 0.25) is 0 Å². The fourth-order valence-corrected chi connectivity index (χ4v) is 2.60. The molecule has 0 aromatic carbocycles. The lowest BCUT2D eigenvalue weighted by Gasteiger charge is -2.37. The summed E-state index contributed by atoms with van der Waals surface area (Å²) < 4.78 is 10.7. The summed E-state index contributed by atoms with van der Waals surface area (Å²) in [7, 11) is 1.06. The number of aromatic nitrogens is 2. The van der Waals surface area contributed by atoms with Crippen LogP contribution >= 0.6 is 0 Å². The van der Waals surface area contributed by atoms with E-state index in [4.69, 9.17) is 4.74 Å². The molecule has 1 fully saturated rings. The van der Waals surface area contributed by atoms with Crippen LogP contribution in [0.15, 0.2) is 15.8 Å². The molecule has 1 aromatic heterocycles. The summed E-state index contributed by atoms with van der Waals surface area (Å²) in [6.07, 6.45) is -1.78. The molecule has 2 heterocycles. The van der Waals surface area contributed by atoms with E-state index in [1.807, 2.05) is 4.98 Å². The summed E-state index contributed by atoms with van der Waals surface area (Å²) in [6.45, 7) is 1.89. The molecule has 1 aromatic rings. The van der Waals surface area contributed by atoms with Crippen LogP contribution in [-0.4, -0.2) is 62.4 Å². The molecule has 0 bridgehead atoms. The Kier molecular flexibility index (Phi) is 4.20. The van der Waals surface area contributed by atoms with E-state index in [2.05, 4.69) is 4.74 Å². The van der Waals surface area contributed by atoms with Gasteiger partial charge in [0, 0.05) is 6.20 Å². The van der Waals surface area contributed by atoms with Crippen LogP contribution in [0, 0.1) is 0 Å². The zero-order valence-electron chi connectivity index (χ0n) is 12.8. The number of methoxy groups -OCH3 is 1. The van der Waals surface area contributed by atoms with E-state index in [9.17, 15) is 29.7 Å². The number of esters is 1. The molecule has 1 aliphatic heterocycles. The Hall–Kier alpha value is -2.01. The van der Waals surface area contributed by atoms with Gasteiger partial charge in [-0.15, -0.1) is 0 Å². The quantitative estimate of drug-likeness (QED) is 0.444. The highest BCUT2D eigenvalue weighted by Gasteiger charge is 2.61. The van der Waals surface area contributed by atoms with Crippen molar-refractivity contribution >= 4 is 5.97 Å². The van der Waals surface area contributed by atoms with Crippen molar-refractivity contribution in [3.05, 3.63) is 32.6 Å². The van der Waals surface area contributed by atoms with Crippen molar-refractivity contribution in [2.75, 3.05) is 13.7 Å². The molecule has 10 nitrogen and oxygen atoms in total. The van der Waals surface area contributed by atoms with Gasteiger partial charge in [0.1, 0.15) is 23.4 Å². The maximum absolute atomic E-state index is 12.1. The van der Waals surface area contributed by atoms with Crippen molar-refractivity contribution in [2.45, 2.75) is 37.4 Å². The van der Waals surface area contributed by atoms with Crippen LogP contribution in [0.3, 0.4) is 0 Å². The molecule has 1 saturated heterocycles. The van der Waals surface area contributed by atoms with E-state index in [0.29, 0.717) is 0 Å². The number of aliphatic hydroxyl groups excluding tert-OH is 2. The Balaban J connectivity index is 2.68. The van der Waals surface area contributed by atoms with Gasteiger partial charge in [0.2, 0.25) is 0 Å². The second kappa shape index (κ2) is 5.57. The molecule has 23 heavy (non-hydrogen) atoms. The van der Waals surface area contributed by atoms with Crippen LogP contribution in [0.25, 0.3) is 0 Å². The third-order valence-corrected chi connectivity index (χ3v) is 4.24. The largest absolute Gasteiger partial charge is 0.465 e. The van der Waals surface area contributed by atoms with E-state index in [1.165, 1.54) is 13.8 Å². The maximum Gasteiger partial charge on any atom is 0.345 e. The number of aromatic amines is 1. The monoisotopic (exact) mass is 330 g/mol. The van der Waals surface area contributed by atoms with Crippen LogP contribution in [-0.2, 0) is 15.2 Å². The Labute approximate surface area is 129 Å². The van der Waals surface area contributed by atoms with Gasteiger partial charge in [-0.05, 0) is 13.8 Å². The zero-order valence-corrected chi connectivity index (χ0v) is 12.8. The van der Waals surface area contributed by atoms with Gasteiger partial charge in [0.25, 0.3) is 5.56 Å². The molecule has 0 saturated carbocycles. The third-order valence-electron chi connectivity index (χ3n) is 4.24. The number of hydrogen-bond acceptors (Lipinski definition) is 8. The zero-order chi connectivity index (χ0) is 17.6. The number of nitrogens with one attached hydrogen (secondary N) is 1. The summed E-state index contributed by atoms with van der Waals surface area (Å²) in [4.78, 5) is 37.3. The van der Waals surface area contributed by atoms with Gasteiger partial charge in [0.05, 0.1) is 13.7 Å². The fourth-order valence-electron chi connectivity index (χ4n) is 2.60. The number of ether oxygens (including phenoxy) is 2. The lowest BCUT2D eigenvalue weighted by atomic mass is 9.88. The molecule has 0 amide bonds. The average molecular weight is 330 g/mol. The Morgan fingerprint density at radius 3 is 2.57 bits per heavy atom. The topological polar surface area (TPSA) is 151 Å². The van der Waals surface area contributed by atoms with E-state index in [1.54, 1.807) is 0 Å². The standard InChI is InChI=1S/C13H18N2O8/c1-12(21)8(17)7(5-16)23-13(12,2)15-4-6(10(19)22-3)9(18)14-11(15)20/h4,7-8,16-17,21H,5H2,1-3H3,(H,14,18,20)/t7-,8-,12-,13-/m1/s1. The Morgan fingerprint density at radius 1 is 1.48 bits per heavy atom. The number of H-pyrrole nitrogens is 1. The van der Waals surface area contributed by atoms with Crippen molar-refractivity contribution in [3.8, 4) is 0 Å². The highest BCUT2D eigenvalue weighted by atomic mass is 16.6. The molecule has 1 aliphatic rings. The molecular formula is C13H18N2O8. The number of rotatable bonds is 3. The van der Waals surface area contributed by atoms with Gasteiger partial charge in [0.15, 0.2) is 5.72 Å². The lowest BCUT2D eigenvalue weighted by Crippen LogP contribution is -2.57. The first-order valence-electron chi connectivity index (χ1n) is 6.74. The fraction of sp³-hybridized carbons (Fsp3) is 0.615. The van der Waals surface area contributed by atoms with Crippen LogP contribution in [0.5, 0.6) is 0 Å². The van der Waals surface area contributed by atoms with Gasteiger partial charge in [-0.2, -0.15) is 0 Å². The summed E-state index contributed by atoms with van der Waals surface area (Å²) in [5, 5.41) is 29.9. The lowest BCUT2D eigenvalue weighted by molar-refractivity contribution is -0.178. The van der Waals surface area contributed by atoms with E-state index in [-0.39, 0.29) is 0 Å². The normalized spacial score (nSPS) is 33.7. The minimum atomic E-state index is -1.99. The SMILES string of the molecule is COC(=O)c1cn([C@]2(C)O[C@H](CO)[C@@H](O)[C@@]2(C)O)c(=O)[nH]c1=O. The van der Waals surface area contributed by atoms with Crippen LogP contribution < -0.4 is 11.2 Å². The van der Waals surface area contributed by atoms with E-state index >= 15 is 0 Å². The number of hydrogen-bond donors (Lipinski definition) is 4. The summed E-state index contributed by atoms with van der Waals surface area (Å²) in [6, 6.07) is 0. The van der Waals surface area contributed by atoms with E-state index in [0.717, 1.165) is 17.9 Å². The molecule has 0 unspecified atom stereocenters. The summed E-state index contributed by atoms with van der Waals surface area (Å²) in [5.74, 6) is -0.986. The average Bonchev–Trinajstić information content (AvgIpc) is 2.67. The van der Waals surface area contributed by atoms with Crippen LogP contribution in [0.4, 0.5) is 0 Å². The number of aliphatic hydroxyl groups is 3. The van der Waals surface area contributed by atoms with Gasteiger partial charge in [-0.3, -0.25) is 14.3 Å². The predicted octanol–water partition coefficient (Wildman–Crippen LogP) is -2.50. The van der Waals surface area contributed by atoms with Gasteiger partial charge >= 0.3 is 11.7 Å². The number of carbonyl (C=O) groups is 1. The molecule has 0 aliphatic carbocycles. The molecule has 128 valence electrons. The van der Waals surface area contributed by atoms with Crippen molar-refractivity contribution in [2.24, 2.45) is 0 Å². The van der Waals surface area contributed by atoms with Crippen molar-refractivity contribution in [3.63, 3.8) is 0 Å².